The lowest BCUT2D eigenvalue weighted by atomic mass is 10.1. The van der Waals surface area contributed by atoms with Gasteiger partial charge in [0.1, 0.15) is 5.82 Å². The Balaban J connectivity index is 2.63. The molecule has 0 aromatic carbocycles. The van der Waals surface area contributed by atoms with E-state index in [-0.39, 0.29) is 0 Å². The van der Waals surface area contributed by atoms with Gasteiger partial charge in [0.25, 0.3) is 0 Å². The highest BCUT2D eigenvalue weighted by Crippen LogP contribution is 2.17. The maximum Gasteiger partial charge on any atom is 0.128 e. The second-order valence-corrected chi connectivity index (χ2v) is 4.86. The zero-order valence-electron chi connectivity index (χ0n) is 12.2. The summed E-state index contributed by atoms with van der Waals surface area (Å²) in [5.74, 6) is 1.08. The number of pyridine rings is 1. The molecular weight excluding hydrogens is 222 g/mol. The van der Waals surface area contributed by atoms with Crippen molar-refractivity contribution in [2.24, 2.45) is 0 Å². The van der Waals surface area contributed by atoms with Crippen LogP contribution in [0.1, 0.15) is 51.6 Å². The number of unbranched alkanes of at least 4 members (excludes halogenated alkanes) is 2. The average Bonchev–Trinajstić information content (AvgIpc) is 2.39. The molecule has 102 valence electrons. The minimum Gasteiger partial charge on any atom is -0.360 e. The second-order valence-electron chi connectivity index (χ2n) is 4.86. The molecule has 0 amide bonds. The highest BCUT2D eigenvalue weighted by molar-refractivity contribution is 5.40. The van der Waals surface area contributed by atoms with Gasteiger partial charge in [0.15, 0.2) is 0 Å². The maximum atomic E-state index is 4.46. The third-order valence-electron chi connectivity index (χ3n) is 3.27. The van der Waals surface area contributed by atoms with Gasteiger partial charge in [-0.3, -0.25) is 0 Å². The van der Waals surface area contributed by atoms with E-state index in [1.807, 2.05) is 6.20 Å². The summed E-state index contributed by atoms with van der Waals surface area (Å²) < 4.78 is 0. The van der Waals surface area contributed by atoms with Crippen LogP contribution in [0, 0.1) is 0 Å². The van der Waals surface area contributed by atoms with E-state index in [0.29, 0.717) is 6.04 Å². The van der Waals surface area contributed by atoms with Crippen LogP contribution in [-0.2, 0) is 0 Å². The molecule has 0 saturated heterocycles. The highest BCUT2D eigenvalue weighted by atomic mass is 15.2. The van der Waals surface area contributed by atoms with Crippen LogP contribution in [0.5, 0.6) is 0 Å². The molecular formula is C15H27N3. The summed E-state index contributed by atoms with van der Waals surface area (Å²) in [7, 11) is 2.12. The molecule has 0 spiro atoms. The first kappa shape index (κ1) is 15.0. The summed E-state index contributed by atoms with van der Waals surface area (Å²) in [5, 5.41) is 3.43. The van der Waals surface area contributed by atoms with Gasteiger partial charge in [-0.1, -0.05) is 26.7 Å². The summed E-state index contributed by atoms with van der Waals surface area (Å²) in [6, 6.07) is 4.68. The van der Waals surface area contributed by atoms with E-state index in [4.69, 9.17) is 0 Å². The molecule has 3 nitrogen and oxygen atoms in total. The highest BCUT2D eigenvalue weighted by Gasteiger charge is 2.07. The van der Waals surface area contributed by atoms with Crippen molar-refractivity contribution in [3.05, 3.63) is 23.9 Å². The van der Waals surface area contributed by atoms with Crippen molar-refractivity contribution in [1.82, 2.24) is 10.3 Å². The predicted molar refractivity (Wildman–Crippen MR) is 79.1 cm³/mol. The lowest BCUT2D eigenvalue weighted by Gasteiger charge is -2.20. The molecule has 0 aliphatic carbocycles. The quantitative estimate of drug-likeness (QED) is 0.716. The first-order valence-electron chi connectivity index (χ1n) is 7.09. The normalized spacial score (nSPS) is 12.4. The van der Waals surface area contributed by atoms with Crippen LogP contribution < -0.4 is 10.2 Å². The molecule has 0 bridgehead atoms. The van der Waals surface area contributed by atoms with E-state index >= 15 is 0 Å². The summed E-state index contributed by atoms with van der Waals surface area (Å²) >= 11 is 0. The van der Waals surface area contributed by atoms with Crippen molar-refractivity contribution in [2.75, 3.05) is 25.0 Å². The Bertz CT molecular complexity index is 338. The van der Waals surface area contributed by atoms with E-state index in [1.54, 1.807) is 0 Å². The molecule has 0 aliphatic rings. The number of nitrogens with zero attached hydrogens (tertiary/aromatic N) is 2. The summed E-state index contributed by atoms with van der Waals surface area (Å²) in [6.45, 7) is 8.64. The molecule has 3 heteroatoms. The Hall–Kier alpha value is -1.09. The minimum absolute atomic E-state index is 0.390. The van der Waals surface area contributed by atoms with E-state index in [9.17, 15) is 0 Å². The number of nitrogens with one attached hydrogen (secondary N) is 1. The molecule has 0 aliphatic heterocycles. The molecule has 1 atom stereocenters. The standard InChI is InChI=1S/C15H27N3/c1-5-7-8-11-18(4)15-12-14(9-10-17-15)13(3)16-6-2/h9-10,12-13,16H,5-8,11H2,1-4H3. The van der Waals surface area contributed by atoms with Gasteiger partial charge in [-0.2, -0.15) is 0 Å². The largest absolute Gasteiger partial charge is 0.360 e. The van der Waals surface area contributed by atoms with Gasteiger partial charge < -0.3 is 10.2 Å². The molecule has 1 rings (SSSR count). The van der Waals surface area contributed by atoms with Crippen molar-refractivity contribution in [3.8, 4) is 0 Å². The fraction of sp³-hybridized carbons (Fsp3) is 0.667. The predicted octanol–water partition coefficient (Wildman–Crippen LogP) is 3.38. The van der Waals surface area contributed by atoms with Crippen molar-refractivity contribution in [1.29, 1.82) is 0 Å². The molecule has 0 saturated carbocycles. The SMILES string of the molecule is CCCCCN(C)c1cc(C(C)NCC)ccn1. The molecule has 1 aromatic heterocycles. The molecule has 1 unspecified atom stereocenters. The molecule has 1 aromatic rings. The van der Waals surface area contributed by atoms with Crippen LogP contribution >= 0.6 is 0 Å². The molecule has 1 N–H and O–H groups in total. The van der Waals surface area contributed by atoms with E-state index in [1.165, 1.54) is 24.8 Å². The Morgan fingerprint density at radius 3 is 2.78 bits per heavy atom. The van der Waals surface area contributed by atoms with Crippen molar-refractivity contribution < 1.29 is 0 Å². The fourth-order valence-electron chi connectivity index (χ4n) is 2.05. The van der Waals surface area contributed by atoms with Gasteiger partial charge >= 0.3 is 0 Å². The smallest absolute Gasteiger partial charge is 0.128 e. The number of hydrogen-bond donors (Lipinski definition) is 1. The molecule has 0 fully saturated rings. The zero-order valence-corrected chi connectivity index (χ0v) is 12.2. The fourth-order valence-corrected chi connectivity index (χ4v) is 2.05. The monoisotopic (exact) mass is 249 g/mol. The number of aromatic nitrogens is 1. The molecule has 0 radical (unpaired) electrons. The van der Waals surface area contributed by atoms with Crippen molar-refractivity contribution in [2.45, 2.75) is 46.1 Å². The Morgan fingerprint density at radius 1 is 1.33 bits per heavy atom. The van der Waals surface area contributed by atoms with E-state index in [0.717, 1.165) is 18.9 Å². The third-order valence-corrected chi connectivity index (χ3v) is 3.27. The summed E-state index contributed by atoms with van der Waals surface area (Å²) in [5.41, 5.74) is 1.31. The van der Waals surface area contributed by atoms with Gasteiger partial charge in [0.2, 0.25) is 0 Å². The van der Waals surface area contributed by atoms with Gasteiger partial charge in [-0.25, -0.2) is 4.98 Å². The van der Waals surface area contributed by atoms with Crippen LogP contribution in [0.3, 0.4) is 0 Å². The average molecular weight is 249 g/mol. The Kier molecular flexibility index (Phi) is 6.73. The van der Waals surface area contributed by atoms with Crippen LogP contribution in [0.15, 0.2) is 18.3 Å². The lowest BCUT2D eigenvalue weighted by molar-refractivity contribution is 0.597. The Morgan fingerprint density at radius 2 is 2.11 bits per heavy atom. The second kappa shape index (κ2) is 8.09. The van der Waals surface area contributed by atoms with Gasteiger partial charge in [-0.05, 0) is 37.6 Å². The minimum atomic E-state index is 0.390. The van der Waals surface area contributed by atoms with Crippen molar-refractivity contribution >= 4 is 5.82 Å². The first-order valence-corrected chi connectivity index (χ1v) is 7.09. The van der Waals surface area contributed by atoms with E-state index in [2.05, 4.69) is 55.2 Å². The topological polar surface area (TPSA) is 28.2 Å². The number of rotatable bonds is 8. The van der Waals surface area contributed by atoms with Crippen LogP contribution in [0.4, 0.5) is 5.82 Å². The van der Waals surface area contributed by atoms with Gasteiger partial charge in [0.05, 0.1) is 0 Å². The zero-order chi connectivity index (χ0) is 13.4. The maximum absolute atomic E-state index is 4.46. The van der Waals surface area contributed by atoms with E-state index < -0.39 is 0 Å². The van der Waals surface area contributed by atoms with Crippen LogP contribution in [-0.4, -0.2) is 25.1 Å². The lowest BCUT2D eigenvalue weighted by Crippen LogP contribution is -2.21. The van der Waals surface area contributed by atoms with Gasteiger partial charge in [-0.15, -0.1) is 0 Å². The van der Waals surface area contributed by atoms with Crippen LogP contribution in [0.2, 0.25) is 0 Å². The summed E-state index contributed by atoms with van der Waals surface area (Å²) in [6.07, 6.45) is 5.70. The van der Waals surface area contributed by atoms with Crippen LogP contribution in [0.25, 0.3) is 0 Å². The third kappa shape index (κ3) is 4.65. The van der Waals surface area contributed by atoms with Crippen molar-refractivity contribution in [3.63, 3.8) is 0 Å². The first-order chi connectivity index (χ1) is 8.69. The number of hydrogen-bond acceptors (Lipinski definition) is 3. The molecule has 1 heterocycles. The summed E-state index contributed by atoms with van der Waals surface area (Å²) in [4.78, 5) is 6.71. The number of anilines is 1. The van der Waals surface area contributed by atoms with Gasteiger partial charge in [0, 0.05) is 25.8 Å². The molecule has 18 heavy (non-hydrogen) atoms. The Labute approximate surface area is 112 Å².